The molecule has 0 aliphatic heterocycles. The van der Waals surface area contributed by atoms with Gasteiger partial charge >= 0.3 is 5.69 Å². The van der Waals surface area contributed by atoms with Crippen LogP contribution in [0.4, 0.5) is 28.8 Å². The second-order valence-corrected chi connectivity index (χ2v) is 5.35. The summed E-state index contributed by atoms with van der Waals surface area (Å²) in [6.45, 7) is 1.90. The number of anilines is 4. The Morgan fingerprint density at radius 3 is 2.50 bits per heavy atom. The van der Waals surface area contributed by atoms with Crippen LogP contribution in [0.2, 0.25) is 0 Å². The van der Waals surface area contributed by atoms with Crippen molar-refractivity contribution in [3.8, 4) is 5.75 Å². The van der Waals surface area contributed by atoms with Crippen molar-refractivity contribution in [3.63, 3.8) is 0 Å². The van der Waals surface area contributed by atoms with E-state index in [2.05, 4.69) is 25.6 Å². The van der Waals surface area contributed by atoms with Crippen molar-refractivity contribution >= 4 is 28.8 Å². The molecule has 9 nitrogen and oxygen atoms in total. The molecule has 0 amide bonds. The number of para-hydroxylation sites is 2. The van der Waals surface area contributed by atoms with Crippen LogP contribution >= 0.6 is 0 Å². The van der Waals surface area contributed by atoms with E-state index >= 15 is 0 Å². The number of rotatable bonds is 6. The predicted molar refractivity (Wildman–Crippen MR) is 97.2 cm³/mol. The summed E-state index contributed by atoms with van der Waals surface area (Å²) in [5.74, 6) is 1.08. The summed E-state index contributed by atoms with van der Waals surface area (Å²) in [5.41, 5.74) is 1.23. The second-order valence-electron chi connectivity index (χ2n) is 5.35. The van der Waals surface area contributed by atoms with E-state index in [9.17, 15) is 10.1 Å². The van der Waals surface area contributed by atoms with Gasteiger partial charge in [-0.05, 0) is 36.8 Å². The first-order chi connectivity index (χ1) is 12.6. The Hall–Kier alpha value is -3.75. The Morgan fingerprint density at radius 1 is 1.08 bits per heavy atom. The summed E-state index contributed by atoms with van der Waals surface area (Å²) in [6.07, 6.45) is 2.85. The molecule has 0 aliphatic rings. The van der Waals surface area contributed by atoms with Crippen molar-refractivity contribution < 1.29 is 9.66 Å². The number of methoxy groups -OCH3 is 1. The van der Waals surface area contributed by atoms with Gasteiger partial charge in [0.2, 0.25) is 11.6 Å². The molecule has 0 spiro atoms. The normalized spacial score (nSPS) is 10.2. The fourth-order valence-corrected chi connectivity index (χ4v) is 2.34. The molecule has 1 aromatic carbocycles. The van der Waals surface area contributed by atoms with Gasteiger partial charge in [-0.15, -0.1) is 0 Å². The smallest absolute Gasteiger partial charge is 0.353 e. The third-order valence-electron chi connectivity index (χ3n) is 3.53. The second kappa shape index (κ2) is 7.43. The maximum atomic E-state index is 11.6. The number of nitrogens with zero attached hydrogens (tertiary/aromatic N) is 4. The van der Waals surface area contributed by atoms with Gasteiger partial charge in [0.1, 0.15) is 17.9 Å². The van der Waals surface area contributed by atoms with Crippen LogP contribution in [0, 0.1) is 17.0 Å². The summed E-state index contributed by atoms with van der Waals surface area (Å²) < 4.78 is 5.26. The van der Waals surface area contributed by atoms with E-state index < -0.39 is 4.92 Å². The molecule has 0 aliphatic carbocycles. The number of aryl methyl sites for hydroxylation is 1. The van der Waals surface area contributed by atoms with Crippen LogP contribution < -0.4 is 15.4 Å². The number of benzene rings is 1. The van der Waals surface area contributed by atoms with Crippen molar-refractivity contribution in [1.82, 2.24) is 15.0 Å². The Kier molecular flexibility index (Phi) is 4.88. The van der Waals surface area contributed by atoms with E-state index in [-0.39, 0.29) is 17.3 Å². The van der Waals surface area contributed by atoms with Gasteiger partial charge in [-0.25, -0.2) is 15.0 Å². The fraction of sp³-hybridized carbons (Fsp3) is 0.118. The Balaban J connectivity index is 2.00. The zero-order valence-corrected chi connectivity index (χ0v) is 14.1. The number of ether oxygens (including phenoxy) is 1. The number of nitrogens with one attached hydrogen (secondary N) is 2. The average Bonchev–Trinajstić information content (AvgIpc) is 2.62. The highest BCUT2D eigenvalue weighted by atomic mass is 16.6. The monoisotopic (exact) mass is 352 g/mol. The molecule has 0 radical (unpaired) electrons. The zero-order valence-electron chi connectivity index (χ0n) is 14.1. The van der Waals surface area contributed by atoms with E-state index in [1.54, 1.807) is 36.5 Å². The molecule has 0 saturated carbocycles. The van der Waals surface area contributed by atoms with Crippen LogP contribution in [-0.4, -0.2) is 27.0 Å². The average molecular weight is 352 g/mol. The highest BCUT2D eigenvalue weighted by molar-refractivity contribution is 5.77. The highest BCUT2D eigenvalue weighted by Gasteiger charge is 2.24. The van der Waals surface area contributed by atoms with E-state index in [0.29, 0.717) is 17.3 Å². The van der Waals surface area contributed by atoms with Gasteiger partial charge in [0.05, 0.1) is 17.7 Å². The molecular weight excluding hydrogens is 336 g/mol. The lowest BCUT2D eigenvalue weighted by atomic mass is 10.3. The molecule has 2 heterocycles. The molecule has 26 heavy (non-hydrogen) atoms. The van der Waals surface area contributed by atoms with E-state index in [4.69, 9.17) is 4.74 Å². The number of hydrogen-bond acceptors (Lipinski definition) is 8. The van der Waals surface area contributed by atoms with Crippen molar-refractivity contribution in [3.05, 3.63) is 64.6 Å². The molecule has 132 valence electrons. The first-order valence-corrected chi connectivity index (χ1v) is 7.67. The first kappa shape index (κ1) is 17.1. The Morgan fingerprint density at radius 2 is 1.81 bits per heavy atom. The molecule has 0 atom stereocenters. The van der Waals surface area contributed by atoms with Crippen LogP contribution in [0.25, 0.3) is 0 Å². The maximum absolute atomic E-state index is 11.6. The highest BCUT2D eigenvalue weighted by Crippen LogP contribution is 2.35. The minimum Gasteiger partial charge on any atom is -0.495 e. The van der Waals surface area contributed by atoms with E-state index in [1.165, 1.54) is 13.4 Å². The van der Waals surface area contributed by atoms with Crippen molar-refractivity contribution in [1.29, 1.82) is 0 Å². The van der Waals surface area contributed by atoms with Gasteiger partial charge in [-0.3, -0.25) is 10.1 Å². The number of pyridine rings is 1. The lowest BCUT2D eigenvalue weighted by molar-refractivity contribution is -0.383. The molecule has 0 unspecified atom stereocenters. The zero-order chi connectivity index (χ0) is 18.5. The van der Waals surface area contributed by atoms with Gasteiger partial charge in [-0.1, -0.05) is 12.1 Å². The SMILES string of the molecule is COc1ccccc1Nc1ncnc(Nc2cc(C)ccn2)c1[N+](=O)[O-]. The largest absolute Gasteiger partial charge is 0.495 e. The quantitative estimate of drug-likeness (QED) is 0.511. The molecule has 3 aromatic rings. The summed E-state index contributed by atoms with van der Waals surface area (Å²) in [4.78, 5) is 23.2. The third-order valence-corrected chi connectivity index (χ3v) is 3.53. The number of aromatic nitrogens is 3. The van der Waals surface area contributed by atoms with Crippen molar-refractivity contribution in [2.75, 3.05) is 17.7 Å². The van der Waals surface area contributed by atoms with Crippen LogP contribution in [0.15, 0.2) is 48.9 Å². The topological polar surface area (TPSA) is 115 Å². The third kappa shape index (κ3) is 3.66. The first-order valence-electron chi connectivity index (χ1n) is 7.67. The van der Waals surface area contributed by atoms with Gasteiger partial charge < -0.3 is 15.4 Å². The maximum Gasteiger partial charge on any atom is 0.353 e. The Bertz CT molecular complexity index is 947. The lowest BCUT2D eigenvalue weighted by Crippen LogP contribution is -2.06. The summed E-state index contributed by atoms with van der Waals surface area (Å²) in [7, 11) is 1.52. The van der Waals surface area contributed by atoms with E-state index in [1.807, 2.05) is 13.0 Å². The molecule has 0 saturated heterocycles. The van der Waals surface area contributed by atoms with Crippen LogP contribution in [0.1, 0.15) is 5.56 Å². The minimum absolute atomic E-state index is 0.0421. The minimum atomic E-state index is -0.546. The number of hydrogen-bond donors (Lipinski definition) is 2. The molecular formula is C17H16N6O3. The molecule has 0 fully saturated rings. The van der Waals surface area contributed by atoms with Crippen LogP contribution in [-0.2, 0) is 0 Å². The molecule has 3 rings (SSSR count). The summed E-state index contributed by atoms with van der Waals surface area (Å²) in [5, 5.41) is 17.4. The van der Waals surface area contributed by atoms with Gasteiger partial charge in [0.15, 0.2) is 0 Å². The van der Waals surface area contributed by atoms with Gasteiger partial charge in [-0.2, -0.15) is 0 Å². The van der Waals surface area contributed by atoms with Gasteiger partial charge in [0, 0.05) is 6.20 Å². The fourth-order valence-electron chi connectivity index (χ4n) is 2.34. The Labute approximate surface area is 149 Å². The van der Waals surface area contributed by atoms with Crippen LogP contribution in [0.5, 0.6) is 5.75 Å². The predicted octanol–water partition coefficient (Wildman–Crippen LogP) is 3.58. The van der Waals surface area contributed by atoms with Gasteiger partial charge in [0.25, 0.3) is 0 Å². The van der Waals surface area contributed by atoms with Crippen molar-refractivity contribution in [2.45, 2.75) is 6.92 Å². The summed E-state index contributed by atoms with van der Waals surface area (Å²) >= 11 is 0. The molecule has 9 heteroatoms. The van der Waals surface area contributed by atoms with Crippen molar-refractivity contribution in [2.24, 2.45) is 0 Å². The number of nitro groups is 1. The van der Waals surface area contributed by atoms with Crippen LogP contribution in [0.3, 0.4) is 0 Å². The standard InChI is InChI=1S/C17H16N6O3/c1-11-7-8-18-14(9-11)22-17-15(23(24)25)16(19-10-20-17)21-12-5-3-4-6-13(12)26-2/h3-10H,1-2H3,(H2,18,19,20,21,22). The molecule has 2 N–H and O–H groups in total. The molecule has 2 aromatic heterocycles. The molecule has 0 bridgehead atoms. The lowest BCUT2D eigenvalue weighted by Gasteiger charge is -2.12. The summed E-state index contributed by atoms with van der Waals surface area (Å²) in [6, 6.07) is 10.7. The van der Waals surface area contributed by atoms with E-state index in [0.717, 1.165) is 5.56 Å².